The molecular weight excluding hydrogens is 336 g/mol. The molecule has 0 aromatic heterocycles. The molecule has 0 heterocycles. The second kappa shape index (κ2) is 9.96. The van der Waals surface area contributed by atoms with E-state index in [1.807, 2.05) is 0 Å². The molecule has 0 aliphatic heterocycles. The van der Waals surface area contributed by atoms with Gasteiger partial charge in [0.1, 0.15) is 0 Å². The number of allylic oxidation sites excluding steroid dienone is 1. The summed E-state index contributed by atoms with van der Waals surface area (Å²) in [6.45, 7) is 10.4. The van der Waals surface area contributed by atoms with E-state index in [4.69, 9.17) is 8.92 Å². The second-order valence-corrected chi connectivity index (χ2v) is 9.98. The predicted molar refractivity (Wildman–Crippen MR) is 104 cm³/mol. The van der Waals surface area contributed by atoms with Crippen LogP contribution in [0.5, 0.6) is 0 Å². The summed E-state index contributed by atoms with van der Waals surface area (Å²) in [5, 5.41) is -0.385. The van der Waals surface area contributed by atoms with Crippen LogP contribution >= 0.6 is 0 Å². The quantitative estimate of drug-likeness (QED) is 0.364. The second-order valence-electron chi connectivity index (χ2n) is 8.12. The molecule has 1 saturated carbocycles. The van der Waals surface area contributed by atoms with E-state index in [1.165, 1.54) is 13.5 Å². The van der Waals surface area contributed by atoms with Gasteiger partial charge < -0.3 is 4.74 Å². The standard InChI is InChI=1S/C20H38O4S/c1-7-11-17(14-15-20(3,4)16(2)23-5)19(25(21,22)24-6)18-12-9-8-10-13-18/h17-19H,2,7-15H2,1,3-6H3. The fraction of sp³-hybridized carbons (Fsp3) is 0.900. The topological polar surface area (TPSA) is 52.6 Å². The van der Waals surface area contributed by atoms with E-state index in [0.717, 1.165) is 57.1 Å². The summed E-state index contributed by atoms with van der Waals surface area (Å²) in [7, 11) is -0.571. The zero-order valence-electron chi connectivity index (χ0n) is 16.8. The Morgan fingerprint density at radius 3 is 2.24 bits per heavy atom. The van der Waals surface area contributed by atoms with Gasteiger partial charge in [0.2, 0.25) is 0 Å². The Balaban J connectivity index is 3.01. The van der Waals surface area contributed by atoms with E-state index in [0.29, 0.717) is 0 Å². The smallest absolute Gasteiger partial charge is 0.270 e. The molecule has 0 aromatic carbocycles. The van der Waals surface area contributed by atoms with Crippen molar-refractivity contribution in [2.45, 2.75) is 83.8 Å². The maximum absolute atomic E-state index is 12.8. The van der Waals surface area contributed by atoms with Crippen molar-refractivity contribution in [2.75, 3.05) is 14.2 Å². The predicted octanol–water partition coefficient (Wildman–Crippen LogP) is 5.29. The Kier molecular flexibility index (Phi) is 8.96. The zero-order valence-corrected chi connectivity index (χ0v) is 17.7. The SMILES string of the molecule is C=C(OC)C(C)(C)CCC(CCC)C(C1CCCCC1)S(=O)(=O)OC. The highest BCUT2D eigenvalue weighted by molar-refractivity contribution is 7.87. The van der Waals surface area contributed by atoms with Gasteiger partial charge in [-0.25, -0.2) is 0 Å². The molecule has 1 rings (SSSR count). The van der Waals surface area contributed by atoms with Gasteiger partial charge in [-0.15, -0.1) is 0 Å². The van der Waals surface area contributed by atoms with E-state index in [9.17, 15) is 8.42 Å². The average molecular weight is 375 g/mol. The number of hydrogen-bond donors (Lipinski definition) is 0. The van der Waals surface area contributed by atoms with Gasteiger partial charge in [0.05, 0.1) is 25.2 Å². The minimum absolute atomic E-state index is 0.127. The highest BCUT2D eigenvalue weighted by atomic mass is 32.2. The molecule has 0 radical (unpaired) electrons. The maximum atomic E-state index is 12.8. The van der Waals surface area contributed by atoms with Crippen LogP contribution in [0, 0.1) is 17.3 Å². The first-order valence-corrected chi connectivity index (χ1v) is 11.2. The van der Waals surface area contributed by atoms with Gasteiger partial charge in [-0.1, -0.05) is 53.0 Å². The van der Waals surface area contributed by atoms with Gasteiger partial charge in [0.25, 0.3) is 10.1 Å². The number of ether oxygens (including phenoxy) is 1. The summed E-state index contributed by atoms with van der Waals surface area (Å²) < 4.78 is 35.9. The van der Waals surface area contributed by atoms with Crippen LogP contribution in [-0.4, -0.2) is 27.9 Å². The van der Waals surface area contributed by atoms with Gasteiger partial charge in [-0.3, -0.25) is 4.18 Å². The van der Waals surface area contributed by atoms with Crippen molar-refractivity contribution in [2.24, 2.45) is 17.3 Å². The molecule has 0 aromatic rings. The molecule has 0 spiro atoms. The lowest BCUT2D eigenvalue weighted by atomic mass is 9.76. The third kappa shape index (κ3) is 6.28. The van der Waals surface area contributed by atoms with E-state index >= 15 is 0 Å². The summed E-state index contributed by atoms with van der Waals surface area (Å²) >= 11 is 0. The van der Waals surface area contributed by atoms with E-state index in [2.05, 4.69) is 27.4 Å². The van der Waals surface area contributed by atoms with Crippen LogP contribution in [0.1, 0.15) is 78.6 Å². The van der Waals surface area contributed by atoms with Gasteiger partial charge >= 0.3 is 0 Å². The molecule has 1 aliphatic rings. The molecule has 0 amide bonds. The van der Waals surface area contributed by atoms with Crippen molar-refractivity contribution in [3.05, 3.63) is 12.3 Å². The van der Waals surface area contributed by atoms with Crippen LogP contribution in [0.4, 0.5) is 0 Å². The minimum Gasteiger partial charge on any atom is -0.501 e. The fourth-order valence-electron chi connectivity index (χ4n) is 4.24. The van der Waals surface area contributed by atoms with E-state index in [1.54, 1.807) is 7.11 Å². The Hall–Kier alpha value is -0.550. The lowest BCUT2D eigenvalue weighted by Crippen LogP contribution is -2.39. The van der Waals surface area contributed by atoms with Crippen LogP contribution in [0.2, 0.25) is 0 Å². The number of methoxy groups -OCH3 is 1. The van der Waals surface area contributed by atoms with Gasteiger partial charge in [-0.2, -0.15) is 8.42 Å². The Morgan fingerprint density at radius 1 is 1.16 bits per heavy atom. The minimum atomic E-state index is -3.53. The van der Waals surface area contributed by atoms with Crippen molar-refractivity contribution in [3.8, 4) is 0 Å². The van der Waals surface area contributed by atoms with E-state index < -0.39 is 10.1 Å². The molecule has 2 unspecified atom stereocenters. The molecule has 4 nitrogen and oxygen atoms in total. The first-order valence-electron chi connectivity index (χ1n) is 9.72. The molecule has 0 saturated heterocycles. The summed E-state index contributed by atoms with van der Waals surface area (Å²) in [6, 6.07) is 0. The molecule has 1 aliphatic carbocycles. The third-order valence-electron chi connectivity index (χ3n) is 5.95. The zero-order chi connectivity index (χ0) is 19.1. The molecule has 25 heavy (non-hydrogen) atoms. The van der Waals surface area contributed by atoms with Crippen molar-refractivity contribution in [1.82, 2.24) is 0 Å². The third-order valence-corrected chi connectivity index (χ3v) is 7.85. The van der Waals surface area contributed by atoms with Gasteiger partial charge in [-0.05, 0) is 43.9 Å². The molecule has 0 bridgehead atoms. The van der Waals surface area contributed by atoms with Crippen LogP contribution in [-0.2, 0) is 19.0 Å². The summed E-state index contributed by atoms with van der Waals surface area (Å²) in [6.07, 6.45) is 9.10. The van der Waals surface area contributed by atoms with Crippen LogP contribution in [0.15, 0.2) is 12.3 Å². The molecule has 1 fully saturated rings. The lowest BCUT2D eigenvalue weighted by molar-refractivity contribution is 0.170. The molecule has 5 heteroatoms. The summed E-state index contributed by atoms with van der Waals surface area (Å²) in [5.41, 5.74) is -0.158. The van der Waals surface area contributed by atoms with Crippen molar-refractivity contribution >= 4 is 10.1 Å². The largest absolute Gasteiger partial charge is 0.501 e. The Morgan fingerprint density at radius 2 is 1.76 bits per heavy atom. The van der Waals surface area contributed by atoms with Crippen LogP contribution < -0.4 is 0 Å². The monoisotopic (exact) mass is 374 g/mol. The van der Waals surface area contributed by atoms with Crippen molar-refractivity contribution in [1.29, 1.82) is 0 Å². The van der Waals surface area contributed by atoms with E-state index in [-0.39, 0.29) is 22.5 Å². The fourth-order valence-corrected chi connectivity index (χ4v) is 5.95. The van der Waals surface area contributed by atoms with Crippen LogP contribution in [0.25, 0.3) is 0 Å². The average Bonchev–Trinajstić information content (AvgIpc) is 2.60. The summed E-state index contributed by atoms with van der Waals surface area (Å²) in [4.78, 5) is 0. The number of rotatable bonds is 11. The Bertz CT molecular complexity index is 504. The van der Waals surface area contributed by atoms with Crippen LogP contribution in [0.3, 0.4) is 0 Å². The highest BCUT2D eigenvalue weighted by Crippen LogP contribution is 2.40. The maximum Gasteiger partial charge on any atom is 0.270 e. The first kappa shape index (κ1) is 22.5. The lowest BCUT2D eigenvalue weighted by Gasteiger charge is -2.36. The molecule has 0 N–H and O–H groups in total. The molecule has 2 atom stereocenters. The van der Waals surface area contributed by atoms with Gasteiger partial charge in [0.15, 0.2) is 0 Å². The highest BCUT2D eigenvalue weighted by Gasteiger charge is 2.40. The molecule has 148 valence electrons. The van der Waals surface area contributed by atoms with Gasteiger partial charge in [0, 0.05) is 5.41 Å². The van der Waals surface area contributed by atoms with Crippen molar-refractivity contribution < 1.29 is 17.3 Å². The molecular formula is C20H38O4S. The summed E-state index contributed by atoms with van der Waals surface area (Å²) in [5.74, 6) is 1.11. The van der Waals surface area contributed by atoms with Crippen molar-refractivity contribution in [3.63, 3.8) is 0 Å². The number of hydrogen-bond acceptors (Lipinski definition) is 4. The normalized spacial score (nSPS) is 19.4. The first-order chi connectivity index (χ1) is 11.7. The Labute approximate surface area is 155 Å².